The van der Waals surface area contributed by atoms with Crippen molar-refractivity contribution in [2.45, 2.75) is 32.9 Å². The number of para-hydroxylation sites is 1. The number of hydrogen-bond acceptors (Lipinski definition) is 4. The van der Waals surface area contributed by atoms with Crippen LogP contribution in [0, 0.1) is 5.92 Å². The molecule has 7 nitrogen and oxygen atoms in total. The highest BCUT2D eigenvalue weighted by Gasteiger charge is 2.33. The van der Waals surface area contributed by atoms with E-state index in [4.69, 9.17) is 0 Å². The van der Waals surface area contributed by atoms with E-state index in [1.54, 1.807) is 24.3 Å². The number of amides is 2. The Labute approximate surface area is 247 Å². The second kappa shape index (κ2) is 14.1. The smallest absolute Gasteiger partial charge is 0.244 e. The molecule has 1 N–H and O–H groups in total. The van der Waals surface area contributed by atoms with Gasteiger partial charge in [0.15, 0.2) is 0 Å². The summed E-state index contributed by atoms with van der Waals surface area (Å²) in [6.07, 6.45) is 1.34. The molecule has 0 aliphatic heterocycles. The highest BCUT2D eigenvalue weighted by Crippen LogP contribution is 2.28. The zero-order chi connectivity index (χ0) is 28.6. The van der Waals surface area contributed by atoms with Crippen LogP contribution in [0.4, 0.5) is 5.69 Å². The van der Waals surface area contributed by atoms with E-state index in [0.29, 0.717) is 16.7 Å². The standard InChI is InChI=1S/C29H33Br2N3O4S/c1-21(2)18-32-29(36)27(17-22-10-5-4-6-11-22)33(19-23-12-9-13-24(30)16-23)28(35)20-34(39(3,37)38)26-15-8-7-14-25(26)31/h4-16,21,27H,17-20H2,1-3H3,(H,32,36)/t27-/m1/s1. The van der Waals surface area contributed by atoms with E-state index in [1.807, 2.05) is 68.4 Å². The lowest BCUT2D eigenvalue weighted by Crippen LogP contribution is -2.53. The Morgan fingerprint density at radius 2 is 1.54 bits per heavy atom. The minimum atomic E-state index is -3.83. The van der Waals surface area contributed by atoms with Crippen molar-refractivity contribution in [2.24, 2.45) is 5.92 Å². The Balaban J connectivity index is 2.05. The van der Waals surface area contributed by atoms with Gasteiger partial charge >= 0.3 is 0 Å². The van der Waals surface area contributed by atoms with Crippen molar-refractivity contribution in [1.29, 1.82) is 0 Å². The summed E-state index contributed by atoms with van der Waals surface area (Å²) in [5, 5.41) is 2.98. The molecular formula is C29H33Br2N3O4S. The van der Waals surface area contributed by atoms with Crippen LogP contribution in [0.2, 0.25) is 0 Å². The lowest BCUT2D eigenvalue weighted by Gasteiger charge is -2.34. The lowest BCUT2D eigenvalue weighted by molar-refractivity contribution is -0.140. The van der Waals surface area contributed by atoms with Crippen LogP contribution in [0.15, 0.2) is 87.8 Å². The number of carbonyl (C=O) groups is 2. The van der Waals surface area contributed by atoms with Gasteiger partial charge in [0.25, 0.3) is 0 Å². The van der Waals surface area contributed by atoms with Gasteiger partial charge in [-0.3, -0.25) is 13.9 Å². The molecule has 0 heterocycles. The maximum absolute atomic E-state index is 14.1. The minimum Gasteiger partial charge on any atom is -0.354 e. The van der Waals surface area contributed by atoms with E-state index >= 15 is 0 Å². The Kier molecular flexibility index (Phi) is 11.1. The van der Waals surface area contributed by atoms with Gasteiger partial charge in [0, 0.05) is 28.5 Å². The second-order valence-corrected chi connectivity index (χ2v) is 13.4. The molecule has 0 spiro atoms. The minimum absolute atomic E-state index is 0.123. The highest BCUT2D eigenvalue weighted by molar-refractivity contribution is 9.10. The van der Waals surface area contributed by atoms with Gasteiger partial charge in [-0.15, -0.1) is 0 Å². The van der Waals surface area contributed by atoms with Crippen molar-refractivity contribution in [3.05, 3.63) is 98.9 Å². The molecule has 0 saturated carbocycles. The first-order chi connectivity index (χ1) is 18.5. The first-order valence-corrected chi connectivity index (χ1v) is 16.0. The number of nitrogens with one attached hydrogen (secondary N) is 1. The van der Waals surface area contributed by atoms with Crippen molar-refractivity contribution >= 4 is 59.4 Å². The van der Waals surface area contributed by atoms with Gasteiger partial charge in [-0.05, 0) is 57.2 Å². The van der Waals surface area contributed by atoms with Crippen LogP contribution >= 0.6 is 31.9 Å². The first-order valence-electron chi connectivity index (χ1n) is 12.5. The van der Waals surface area contributed by atoms with Crippen LogP contribution < -0.4 is 9.62 Å². The third-order valence-electron chi connectivity index (χ3n) is 6.00. The average molecular weight is 679 g/mol. The number of sulfonamides is 1. The molecule has 0 aliphatic carbocycles. The molecule has 39 heavy (non-hydrogen) atoms. The number of hydrogen-bond donors (Lipinski definition) is 1. The molecule has 10 heteroatoms. The predicted molar refractivity (Wildman–Crippen MR) is 163 cm³/mol. The van der Waals surface area contributed by atoms with Crippen LogP contribution in [0.3, 0.4) is 0 Å². The van der Waals surface area contributed by atoms with Gasteiger partial charge in [0.1, 0.15) is 12.6 Å². The summed E-state index contributed by atoms with van der Waals surface area (Å²) in [6.45, 7) is 4.11. The van der Waals surface area contributed by atoms with Crippen molar-refractivity contribution in [3.8, 4) is 0 Å². The van der Waals surface area contributed by atoms with E-state index in [1.165, 1.54) is 4.90 Å². The Bertz CT molecular complexity index is 1380. The average Bonchev–Trinajstić information content (AvgIpc) is 2.88. The maximum Gasteiger partial charge on any atom is 0.244 e. The topological polar surface area (TPSA) is 86.8 Å². The van der Waals surface area contributed by atoms with Gasteiger partial charge in [0.2, 0.25) is 21.8 Å². The molecule has 0 fully saturated rings. The summed E-state index contributed by atoms with van der Waals surface area (Å²) < 4.78 is 28.2. The number of anilines is 1. The summed E-state index contributed by atoms with van der Waals surface area (Å²) in [4.78, 5) is 29.2. The summed E-state index contributed by atoms with van der Waals surface area (Å²) in [6, 6.07) is 22.9. The summed E-state index contributed by atoms with van der Waals surface area (Å²) in [5.41, 5.74) is 2.04. The van der Waals surface area contributed by atoms with Crippen LogP contribution in [0.25, 0.3) is 0 Å². The number of carbonyl (C=O) groups excluding carboxylic acids is 2. The van der Waals surface area contributed by atoms with Gasteiger partial charge in [0.05, 0.1) is 11.9 Å². The molecule has 3 aromatic carbocycles. The zero-order valence-electron chi connectivity index (χ0n) is 22.2. The van der Waals surface area contributed by atoms with Crippen LogP contribution in [-0.2, 0) is 32.6 Å². The molecule has 0 radical (unpaired) electrons. The molecule has 208 valence electrons. The van der Waals surface area contributed by atoms with E-state index in [0.717, 1.165) is 26.2 Å². The monoisotopic (exact) mass is 677 g/mol. The highest BCUT2D eigenvalue weighted by atomic mass is 79.9. The van der Waals surface area contributed by atoms with Crippen LogP contribution in [0.1, 0.15) is 25.0 Å². The summed E-state index contributed by atoms with van der Waals surface area (Å²) in [7, 11) is -3.83. The largest absolute Gasteiger partial charge is 0.354 e. The molecule has 0 bridgehead atoms. The third kappa shape index (κ3) is 9.19. The molecular weight excluding hydrogens is 646 g/mol. The van der Waals surface area contributed by atoms with Gasteiger partial charge in [-0.1, -0.05) is 84.4 Å². The zero-order valence-corrected chi connectivity index (χ0v) is 26.2. The molecule has 3 aromatic rings. The van der Waals surface area contributed by atoms with E-state index in [9.17, 15) is 18.0 Å². The number of halogens is 2. The molecule has 0 saturated heterocycles. The summed E-state index contributed by atoms with van der Waals surface area (Å²) >= 11 is 6.89. The fraction of sp³-hybridized carbons (Fsp3) is 0.310. The Hall–Kier alpha value is -2.69. The number of rotatable bonds is 12. The molecule has 0 unspecified atom stereocenters. The predicted octanol–water partition coefficient (Wildman–Crippen LogP) is 5.39. The lowest BCUT2D eigenvalue weighted by atomic mass is 10.0. The maximum atomic E-state index is 14.1. The Morgan fingerprint density at radius 1 is 0.897 bits per heavy atom. The number of benzene rings is 3. The third-order valence-corrected chi connectivity index (χ3v) is 8.29. The van der Waals surface area contributed by atoms with Crippen molar-refractivity contribution in [1.82, 2.24) is 10.2 Å². The van der Waals surface area contributed by atoms with Crippen molar-refractivity contribution < 1.29 is 18.0 Å². The van der Waals surface area contributed by atoms with Crippen LogP contribution in [-0.4, -0.2) is 50.5 Å². The first kappa shape index (κ1) is 30.8. The quantitative estimate of drug-likeness (QED) is 0.278. The molecule has 2 amide bonds. The van der Waals surface area contributed by atoms with Crippen molar-refractivity contribution in [2.75, 3.05) is 23.7 Å². The Morgan fingerprint density at radius 3 is 2.15 bits per heavy atom. The van der Waals surface area contributed by atoms with Gasteiger partial charge in [-0.25, -0.2) is 8.42 Å². The van der Waals surface area contributed by atoms with E-state index in [2.05, 4.69) is 37.2 Å². The normalized spacial score (nSPS) is 12.2. The second-order valence-electron chi connectivity index (χ2n) is 9.72. The van der Waals surface area contributed by atoms with Gasteiger partial charge < -0.3 is 10.2 Å². The SMILES string of the molecule is CC(C)CNC(=O)[C@@H](Cc1ccccc1)N(Cc1cccc(Br)c1)C(=O)CN(c1ccccc1Br)S(C)(=O)=O. The van der Waals surface area contributed by atoms with E-state index < -0.39 is 28.5 Å². The van der Waals surface area contributed by atoms with E-state index in [-0.39, 0.29) is 24.8 Å². The molecule has 0 aromatic heterocycles. The number of nitrogens with zero attached hydrogens (tertiary/aromatic N) is 2. The molecule has 1 atom stereocenters. The fourth-order valence-electron chi connectivity index (χ4n) is 4.06. The summed E-state index contributed by atoms with van der Waals surface area (Å²) in [5.74, 6) is -0.559. The van der Waals surface area contributed by atoms with Crippen molar-refractivity contribution in [3.63, 3.8) is 0 Å². The van der Waals surface area contributed by atoms with Crippen LogP contribution in [0.5, 0.6) is 0 Å². The molecule has 3 rings (SSSR count). The molecule has 0 aliphatic rings. The van der Waals surface area contributed by atoms with Gasteiger partial charge in [-0.2, -0.15) is 0 Å². The fourth-order valence-corrected chi connectivity index (χ4v) is 5.98.